The minimum atomic E-state index is 0.227. The minimum Gasteiger partial charge on any atom is -0.376 e. The van der Waals surface area contributed by atoms with Crippen LogP contribution in [0.4, 0.5) is 0 Å². The quantitative estimate of drug-likeness (QED) is 0.541. The molecule has 1 N–H and O–H groups in total. The monoisotopic (exact) mass is 404 g/mol. The zero-order valence-corrected chi connectivity index (χ0v) is 17.4. The van der Waals surface area contributed by atoms with Crippen LogP contribution >= 0.6 is 11.6 Å². The summed E-state index contributed by atoms with van der Waals surface area (Å²) in [6.45, 7) is 5.91. The molecule has 0 bridgehead atoms. The highest BCUT2D eigenvalue weighted by Crippen LogP contribution is 2.13. The van der Waals surface area contributed by atoms with Gasteiger partial charge in [0.1, 0.15) is 12.2 Å². The molecule has 1 aromatic heterocycles. The van der Waals surface area contributed by atoms with Crippen LogP contribution in [-0.4, -0.2) is 58.5 Å². The standard InChI is InChI=1S/C20H29ClN6O/c1-3-19-25-24-15-27(19)11-10-22-20(23-13-18-5-4-12-28-18)26(2)14-16-6-8-17(21)9-7-16/h6-9,15,18H,3-5,10-14H2,1-2H3,(H,22,23). The lowest BCUT2D eigenvalue weighted by molar-refractivity contribution is 0.117. The molecule has 1 fully saturated rings. The number of aliphatic imine (C=N–C) groups is 1. The fourth-order valence-electron chi connectivity index (χ4n) is 3.25. The first-order chi connectivity index (χ1) is 13.7. The molecule has 2 aromatic rings. The molecule has 0 saturated carbocycles. The van der Waals surface area contributed by atoms with Crippen molar-refractivity contribution in [1.29, 1.82) is 0 Å². The number of halogens is 1. The van der Waals surface area contributed by atoms with Crippen LogP contribution in [-0.2, 0) is 24.2 Å². The van der Waals surface area contributed by atoms with Crippen molar-refractivity contribution < 1.29 is 4.74 Å². The maximum absolute atomic E-state index is 6.00. The molecule has 3 rings (SSSR count). The second-order valence-electron chi connectivity index (χ2n) is 7.00. The Morgan fingerprint density at radius 2 is 2.21 bits per heavy atom. The average Bonchev–Trinajstić information content (AvgIpc) is 3.37. The van der Waals surface area contributed by atoms with Crippen LogP contribution in [0.15, 0.2) is 35.6 Å². The lowest BCUT2D eigenvalue weighted by Crippen LogP contribution is -2.40. The molecule has 2 heterocycles. The highest BCUT2D eigenvalue weighted by molar-refractivity contribution is 6.30. The molecular formula is C20H29ClN6O. The van der Waals surface area contributed by atoms with E-state index in [0.29, 0.717) is 6.54 Å². The molecule has 0 spiro atoms. The molecule has 152 valence electrons. The number of benzene rings is 1. The van der Waals surface area contributed by atoms with E-state index in [1.807, 2.05) is 31.3 Å². The number of aromatic nitrogens is 3. The lowest BCUT2D eigenvalue weighted by atomic mass is 10.2. The van der Waals surface area contributed by atoms with Crippen LogP contribution in [0, 0.1) is 0 Å². The first-order valence-electron chi connectivity index (χ1n) is 9.88. The predicted molar refractivity (Wildman–Crippen MR) is 112 cm³/mol. The third-order valence-electron chi connectivity index (χ3n) is 4.81. The number of rotatable bonds is 8. The molecule has 1 aliphatic heterocycles. The second kappa shape index (κ2) is 10.4. The highest BCUT2D eigenvalue weighted by Gasteiger charge is 2.16. The molecule has 0 radical (unpaired) electrons. The Balaban J connectivity index is 1.61. The summed E-state index contributed by atoms with van der Waals surface area (Å²) in [6.07, 6.45) is 5.08. The van der Waals surface area contributed by atoms with Gasteiger partial charge in [0, 0.05) is 44.7 Å². The van der Waals surface area contributed by atoms with Gasteiger partial charge in [-0.2, -0.15) is 0 Å². The van der Waals surface area contributed by atoms with Gasteiger partial charge in [-0.25, -0.2) is 0 Å². The maximum Gasteiger partial charge on any atom is 0.194 e. The number of aryl methyl sites for hydroxylation is 1. The molecule has 1 atom stereocenters. The Kier molecular flexibility index (Phi) is 7.68. The third kappa shape index (κ3) is 5.94. The first-order valence-corrected chi connectivity index (χ1v) is 10.3. The number of nitrogens with one attached hydrogen (secondary N) is 1. The summed E-state index contributed by atoms with van der Waals surface area (Å²) in [5, 5.41) is 12.4. The molecule has 1 aromatic carbocycles. The summed E-state index contributed by atoms with van der Waals surface area (Å²) in [5.41, 5.74) is 1.19. The normalized spacial score (nSPS) is 17.1. The Morgan fingerprint density at radius 1 is 1.39 bits per heavy atom. The van der Waals surface area contributed by atoms with Gasteiger partial charge in [0.2, 0.25) is 0 Å². The van der Waals surface area contributed by atoms with E-state index in [0.717, 1.165) is 62.3 Å². The summed E-state index contributed by atoms with van der Waals surface area (Å²) >= 11 is 6.00. The molecule has 1 saturated heterocycles. The maximum atomic E-state index is 6.00. The van der Waals surface area contributed by atoms with Gasteiger partial charge < -0.3 is 19.5 Å². The molecule has 7 nitrogen and oxygen atoms in total. The fraction of sp³-hybridized carbons (Fsp3) is 0.550. The first kappa shape index (κ1) is 20.6. The fourth-order valence-corrected chi connectivity index (χ4v) is 3.38. The summed E-state index contributed by atoms with van der Waals surface area (Å²) in [4.78, 5) is 6.95. The van der Waals surface area contributed by atoms with Gasteiger partial charge >= 0.3 is 0 Å². The van der Waals surface area contributed by atoms with Gasteiger partial charge in [-0.15, -0.1) is 10.2 Å². The second-order valence-corrected chi connectivity index (χ2v) is 7.44. The number of ether oxygens (including phenoxy) is 1. The predicted octanol–water partition coefficient (Wildman–Crippen LogP) is 2.75. The summed E-state index contributed by atoms with van der Waals surface area (Å²) in [5.74, 6) is 1.87. The van der Waals surface area contributed by atoms with Crippen molar-refractivity contribution >= 4 is 17.6 Å². The van der Waals surface area contributed by atoms with Crippen LogP contribution in [0.1, 0.15) is 31.2 Å². The van der Waals surface area contributed by atoms with Crippen LogP contribution in [0.5, 0.6) is 0 Å². The summed E-state index contributed by atoms with van der Waals surface area (Å²) in [7, 11) is 2.05. The lowest BCUT2D eigenvalue weighted by Gasteiger charge is -2.23. The molecule has 28 heavy (non-hydrogen) atoms. The van der Waals surface area contributed by atoms with Gasteiger partial charge in [-0.05, 0) is 30.5 Å². The Labute approximate surface area is 171 Å². The molecule has 1 aliphatic rings. The number of guanidine groups is 1. The van der Waals surface area contributed by atoms with E-state index >= 15 is 0 Å². The molecule has 0 amide bonds. The van der Waals surface area contributed by atoms with Gasteiger partial charge in [0.15, 0.2) is 5.96 Å². The van der Waals surface area contributed by atoms with E-state index in [1.54, 1.807) is 6.33 Å². The van der Waals surface area contributed by atoms with E-state index < -0.39 is 0 Å². The third-order valence-corrected chi connectivity index (χ3v) is 5.06. The SMILES string of the molecule is CCc1nncn1CCNC(=NCC1CCCO1)N(C)Cc1ccc(Cl)cc1. The van der Waals surface area contributed by atoms with Gasteiger partial charge in [0.05, 0.1) is 12.6 Å². The zero-order chi connectivity index (χ0) is 19.8. The Bertz CT molecular complexity index is 754. The molecular weight excluding hydrogens is 376 g/mol. The van der Waals surface area contributed by atoms with Crippen molar-refractivity contribution in [2.75, 3.05) is 26.7 Å². The summed E-state index contributed by atoms with van der Waals surface area (Å²) < 4.78 is 7.79. The van der Waals surface area contributed by atoms with Gasteiger partial charge in [0.25, 0.3) is 0 Å². The number of nitrogens with zero attached hydrogens (tertiary/aromatic N) is 5. The highest BCUT2D eigenvalue weighted by atomic mass is 35.5. The van der Waals surface area contributed by atoms with E-state index in [-0.39, 0.29) is 6.10 Å². The Morgan fingerprint density at radius 3 is 2.93 bits per heavy atom. The zero-order valence-electron chi connectivity index (χ0n) is 16.6. The van der Waals surface area contributed by atoms with E-state index in [9.17, 15) is 0 Å². The molecule has 0 aliphatic carbocycles. The largest absolute Gasteiger partial charge is 0.376 e. The van der Waals surface area contributed by atoms with Crippen LogP contribution in [0.2, 0.25) is 5.02 Å². The van der Waals surface area contributed by atoms with Crippen molar-refractivity contribution in [3.63, 3.8) is 0 Å². The molecule has 8 heteroatoms. The van der Waals surface area contributed by atoms with Crippen molar-refractivity contribution in [1.82, 2.24) is 25.0 Å². The smallest absolute Gasteiger partial charge is 0.194 e. The minimum absolute atomic E-state index is 0.227. The Hall–Kier alpha value is -2.12. The van der Waals surface area contributed by atoms with Crippen molar-refractivity contribution in [3.05, 3.63) is 47.0 Å². The molecule has 1 unspecified atom stereocenters. The van der Waals surface area contributed by atoms with Crippen molar-refractivity contribution in [2.45, 2.75) is 45.4 Å². The summed E-state index contributed by atoms with van der Waals surface area (Å²) in [6, 6.07) is 7.92. The average molecular weight is 405 g/mol. The van der Waals surface area contributed by atoms with Crippen molar-refractivity contribution in [3.8, 4) is 0 Å². The van der Waals surface area contributed by atoms with Crippen LogP contribution in [0.3, 0.4) is 0 Å². The van der Waals surface area contributed by atoms with Crippen LogP contribution < -0.4 is 5.32 Å². The number of hydrogen-bond acceptors (Lipinski definition) is 4. The van der Waals surface area contributed by atoms with E-state index in [4.69, 9.17) is 21.3 Å². The van der Waals surface area contributed by atoms with Gasteiger partial charge in [-0.1, -0.05) is 30.7 Å². The van der Waals surface area contributed by atoms with Gasteiger partial charge in [-0.3, -0.25) is 4.99 Å². The van der Waals surface area contributed by atoms with Crippen molar-refractivity contribution in [2.24, 2.45) is 4.99 Å². The number of hydrogen-bond donors (Lipinski definition) is 1. The van der Waals surface area contributed by atoms with E-state index in [1.165, 1.54) is 5.56 Å². The van der Waals surface area contributed by atoms with E-state index in [2.05, 4.69) is 31.9 Å². The topological polar surface area (TPSA) is 67.6 Å². The van der Waals surface area contributed by atoms with Crippen LogP contribution in [0.25, 0.3) is 0 Å².